The minimum absolute atomic E-state index is 0.00351. The van der Waals surface area contributed by atoms with Gasteiger partial charge in [-0.15, -0.1) is 0 Å². The van der Waals surface area contributed by atoms with Crippen molar-refractivity contribution in [1.82, 2.24) is 10.2 Å². The fourth-order valence-corrected chi connectivity index (χ4v) is 6.05. The number of ether oxygens (including phenoxy) is 1. The van der Waals surface area contributed by atoms with Gasteiger partial charge in [0.05, 0.1) is 17.7 Å². The van der Waals surface area contributed by atoms with E-state index in [1.807, 2.05) is 6.92 Å². The Bertz CT molecular complexity index is 1260. The molecule has 5 rings (SSSR count). The average Bonchev–Trinajstić information content (AvgIpc) is 3.78. The van der Waals surface area contributed by atoms with Crippen LogP contribution >= 0.6 is 0 Å². The van der Waals surface area contributed by atoms with Crippen molar-refractivity contribution in [2.24, 2.45) is 5.92 Å². The van der Waals surface area contributed by atoms with Crippen LogP contribution < -0.4 is 10.2 Å². The van der Waals surface area contributed by atoms with Gasteiger partial charge in [0.2, 0.25) is 0 Å². The van der Waals surface area contributed by atoms with Crippen LogP contribution in [0.3, 0.4) is 0 Å². The number of carboxylic acid groups (broad SMARTS) is 1. The molecule has 0 aromatic heterocycles. The van der Waals surface area contributed by atoms with Crippen LogP contribution in [0.2, 0.25) is 0 Å². The topological polar surface area (TPSA) is 82.1 Å². The van der Waals surface area contributed by atoms with Crippen LogP contribution in [0.4, 0.5) is 23.2 Å². The number of aromatic carboxylic acids is 1. The van der Waals surface area contributed by atoms with Crippen molar-refractivity contribution in [3.05, 3.63) is 65.0 Å². The zero-order valence-electron chi connectivity index (χ0n) is 22.2. The van der Waals surface area contributed by atoms with Crippen molar-refractivity contribution >= 4 is 17.6 Å². The molecule has 11 heteroatoms. The van der Waals surface area contributed by atoms with E-state index >= 15 is 0 Å². The predicted octanol–water partition coefficient (Wildman–Crippen LogP) is 4.70. The number of alkyl halides is 3. The average molecular weight is 564 g/mol. The second-order valence-corrected chi connectivity index (χ2v) is 11.1. The van der Waals surface area contributed by atoms with Gasteiger partial charge in [-0.3, -0.25) is 9.69 Å². The van der Waals surface area contributed by atoms with Crippen molar-refractivity contribution < 1.29 is 37.0 Å². The summed E-state index contributed by atoms with van der Waals surface area (Å²) in [6.07, 6.45) is -1.40. The van der Waals surface area contributed by atoms with Gasteiger partial charge in [-0.2, -0.15) is 13.2 Å². The van der Waals surface area contributed by atoms with Crippen LogP contribution in [0.15, 0.2) is 42.5 Å². The first kappa shape index (κ1) is 28.4. The molecule has 0 radical (unpaired) electrons. The molecule has 2 N–H and O–H groups in total. The Labute approximate surface area is 230 Å². The molecule has 2 aromatic carbocycles. The highest BCUT2D eigenvalue weighted by Crippen LogP contribution is 2.47. The minimum atomic E-state index is -4.44. The number of amides is 1. The van der Waals surface area contributed by atoms with Gasteiger partial charge in [0, 0.05) is 44.0 Å². The number of hydrogen-bond acceptors (Lipinski definition) is 5. The van der Waals surface area contributed by atoms with E-state index in [1.165, 1.54) is 18.2 Å². The van der Waals surface area contributed by atoms with Gasteiger partial charge in [0.15, 0.2) is 0 Å². The largest absolute Gasteiger partial charge is 0.478 e. The van der Waals surface area contributed by atoms with Crippen LogP contribution in [0, 0.1) is 11.7 Å². The highest BCUT2D eigenvalue weighted by molar-refractivity contribution is 5.89. The monoisotopic (exact) mass is 563 g/mol. The standard InChI is InChI=1S/C29H33F4N3O4/c1-18-16-35(11-12-36(18)22-7-8-25(30)24(14-22)26(37)38)23-9-10-28(40-17-23,20-5-6-20)27(39)34-15-19-3-2-4-21(13-19)29(31,32)33/h2-4,7-8,13-14,18,20,23H,5-6,9-12,15-17H2,1H3,(H,34,39)(H,37,38)/t18-,23+,28-/m0/s1. The molecule has 0 spiro atoms. The fourth-order valence-electron chi connectivity index (χ4n) is 6.05. The number of halogens is 4. The maximum absolute atomic E-state index is 13.9. The molecule has 40 heavy (non-hydrogen) atoms. The summed E-state index contributed by atoms with van der Waals surface area (Å²) in [7, 11) is 0. The molecule has 0 unspecified atom stereocenters. The zero-order chi connectivity index (χ0) is 28.7. The molecule has 216 valence electrons. The first-order valence-corrected chi connectivity index (χ1v) is 13.6. The number of carboxylic acids is 1. The number of carbonyl (C=O) groups excluding carboxylic acids is 1. The molecule has 3 aliphatic rings. The van der Waals surface area contributed by atoms with Crippen LogP contribution in [-0.4, -0.2) is 65.8 Å². The summed E-state index contributed by atoms with van der Waals surface area (Å²) in [5, 5.41) is 12.1. The van der Waals surface area contributed by atoms with Gasteiger partial charge >= 0.3 is 12.1 Å². The highest BCUT2D eigenvalue weighted by atomic mass is 19.4. The van der Waals surface area contributed by atoms with E-state index in [9.17, 15) is 32.3 Å². The predicted molar refractivity (Wildman–Crippen MR) is 139 cm³/mol. The van der Waals surface area contributed by atoms with Crippen molar-refractivity contribution in [3.63, 3.8) is 0 Å². The SMILES string of the molecule is C[C@H]1CN([C@@H]2CC[C@@](C(=O)NCc3cccc(C(F)(F)F)c3)(C3CC3)OC2)CCN1c1ccc(F)c(C(=O)O)c1. The molecule has 1 amide bonds. The Morgan fingerprint density at radius 1 is 1.12 bits per heavy atom. The van der Waals surface area contributed by atoms with Crippen molar-refractivity contribution in [2.75, 3.05) is 31.1 Å². The first-order chi connectivity index (χ1) is 19.0. The van der Waals surface area contributed by atoms with Crippen LogP contribution in [0.5, 0.6) is 0 Å². The molecular formula is C29H33F4N3O4. The summed E-state index contributed by atoms with van der Waals surface area (Å²) in [5.74, 6) is -2.23. The maximum atomic E-state index is 13.9. The van der Waals surface area contributed by atoms with E-state index in [2.05, 4.69) is 15.1 Å². The lowest BCUT2D eigenvalue weighted by molar-refractivity contribution is -0.165. The number of hydrogen-bond donors (Lipinski definition) is 2. The molecule has 1 aliphatic carbocycles. The Morgan fingerprint density at radius 2 is 1.90 bits per heavy atom. The van der Waals surface area contributed by atoms with Gasteiger partial charge in [0.25, 0.3) is 5.91 Å². The Kier molecular flexibility index (Phi) is 7.80. The third-order valence-electron chi connectivity index (χ3n) is 8.40. The van der Waals surface area contributed by atoms with Crippen LogP contribution in [-0.2, 0) is 22.3 Å². The summed E-state index contributed by atoms with van der Waals surface area (Å²) in [4.78, 5) is 29.1. The van der Waals surface area contributed by atoms with Gasteiger partial charge in [-0.05, 0) is 74.4 Å². The number of nitrogens with one attached hydrogen (secondary N) is 1. The number of piperazine rings is 1. The van der Waals surface area contributed by atoms with E-state index in [4.69, 9.17) is 4.74 Å². The lowest BCUT2D eigenvalue weighted by Crippen LogP contribution is -2.60. The van der Waals surface area contributed by atoms with E-state index < -0.39 is 29.1 Å². The van der Waals surface area contributed by atoms with Crippen LogP contribution in [0.1, 0.15) is 54.1 Å². The lowest BCUT2D eigenvalue weighted by atomic mass is 9.85. The number of benzene rings is 2. The highest BCUT2D eigenvalue weighted by Gasteiger charge is 2.54. The van der Waals surface area contributed by atoms with Crippen LogP contribution in [0.25, 0.3) is 0 Å². The van der Waals surface area contributed by atoms with Crippen molar-refractivity contribution in [3.8, 4) is 0 Å². The van der Waals surface area contributed by atoms with E-state index in [-0.39, 0.29) is 36.0 Å². The quantitative estimate of drug-likeness (QED) is 0.476. The molecule has 0 bridgehead atoms. The molecule has 2 aliphatic heterocycles. The number of rotatable bonds is 7. The summed E-state index contributed by atoms with van der Waals surface area (Å²) >= 11 is 0. The minimum Gasteiger partial charge on any atom is -0.478 e. The third kappa shape index (κ3) is 5.81. The lowest BCUT2D eigenvalue weighted by Gasteiger charge is -2.48. The maximum Gasteiger partial charge on any atom is 0.416 e. The second-order valence-electron chi connectivity index (χ2n) is 11.1. The Morgan fingerprint density at radius 3 is 2.52 bits per heavy atom. The fraction of sp³-hybridized carbons (Fsp3) is 0.517. The number of anilines is 1. The van der Waals surface area contributed by atoms with Gasteiger partial charge < -0.3 is 20.1 Å². The van der Waals surface area contributed by atoms with E-state index in [0.717, 1.165) is 31.4 Å². The Balaban J connectivity index is 1.18. The van der Waals surface area contributed by atoms with Gasteiger partial charge in [-0.25, -0.2) is 9.18 Å². The van der Waals surface area contributed by atoms with E-state index in [0.29, 0.717) is 43.9 Å². The molecule has 1 saturated carbocycles. The molecule has 2 aromatic rings. The zero-order valence-corrected chi connectivity index (χ0v) is 22.2. The second kappa shape index (κ2) is 11.0. The van der Waals surface area contributed by atoms with Gasteiger partial charge in [0.1, 0.15) is 11.4 Å². The molecule has 7 nitrogen and oxygen atoms in total. The molecule has 2 saturated heterocycles. The first-order valence-electron chi connectivity index (χ1n) is 13.6. The third-order valence-corrected chi connectivity index (χ3v) is 8.40. The molecular weight excluding hydrogens is 530 g/mol. The number of carbonyl (C=O) groups is 2. The summed E-state index contributed by atoms with van der Waals surface area (Å²) in [5.41, 5.74) is -1.02. The van der Waals surface area contributed by atoms with Crippen molar-refractivity contribution in [1.29, 1.82) is 0 Å². The normalized spacial score (nSPS) is 26.0. The summed E-state index contributed by atoms with van der Waals surface area (Å²) in [6, 6.07) is 9.27. The summed E-state index contributed by atoms with van der Waals surface area (Å²) < 4.78 is 59.4. The van der Waals surface area contributed by atoms with Gasteiger partial charge in [-0.1, -0.05) is 12.1 Å². The summed E-state index contributed by atoms with van der Waals surface area (Å²) in [6.45, 7) is 4.45. The van der Waals surface area contributed by atoms with E-state index in [1.54, 1.807) is 12.1 Å². The molecule has 2 heterocycles. The molecule has 3 atom stereocenters. The molecule has 3 fully saturated rings. The number of nitrogens with zero attached hydrogens (tertiary/aromatic N) is 2. The smallest absolute Gasteiger partial charge is 0.416 e. The Hall–Kier alpha value is -3.18. The van der Waals surface area contributed by atoms with Crippen molar-refractivity contribution in [2.45, 2.75) is 63.0 Å².